The topological polar surface area (TPSA) is 54.4 Å². The van der Waals surface area contributed by atoms with Crippen LogP contribution in [0.1, 0.15) is 0 Å². The van der Waals surface area contributed by atoms with E-state index in [-0.39, 0.29) is 0 Å². The van der Waals surface area contributed by atoms with E-state index in [0.29, 0.717) is 0 Å². The average molecular weight is 178 g/mol. The maximum absolute atomic E-state index is 11.7. The van der Waals surface area contributed by atoms with Gasteiger partial charge in [0.2, 0.25) is 0 Å². The molecule has 0 amide bonds. The Hall–Kier alpha value is -0.300. The van der Waals surface area contributed by atoms with Crippen LogP contribution in [-0.2, 0) is 10.1 Å². The summed E-state index contributed by atoms with van der Waals surface area (Å²) >= 11 is 0. The quantitative estimate of drug-likeness (QED) is 0.639. The van der Waals surface area contributed by atoms with E-state index < -0.39 is 28.5 Å². The molecule has 0 atom stereocenters. The van der Waals surface area contributed by atoms with Gasteiger partial charge in [-0.05, 0) is 0 Å². The molecule has 0 radical (unpaired) electrons. The molecule has 0 rings (SSSR count). The van der Waals surface area contributed by atoms with E-state index in [1.807, 2.05) is 0 Å². The van der Waals surface area contributed by atoms with Gasteiger partial charge >= 0.3 is 0 Å². The smallest absolute Gasteiger partial charge is 0.285 e. The summed E-state index contributed by atoms with van der Waals surface area (Å²) in [6, 6.07) is 0. The second-order valence-corrected chi connectivity index (χ2v) is 3.17. The van der Waals surface area contributed by atoms with Crippen LogP contribution in [-0.4, -0.2) is 31.3 Å². The molecular formula is C3H5F3O3S. The molecule has 0 aliphatic heterocycles. The van der Waals surface area contributed by atoms with Crippen LogP contribution in [0.5, 0.6) is 0 Å². The highest BCUT2D eigenvalue weighted by atomic mass is 32.2. The molecule has 10 heavy (non-hydrogen) atoms. The van der Waals surface area contributed by atoms with Crippen LogP contribution in [0.3, 0.4) is 0 Å². The first-order chi connectivity index (χ1) is 4.27. The van der Waals surface area contributed by atoms with Crippen molar-refractivity contribution in [1.29, 1.82) is 0 Å². The van der Waals surface area contributed by atoms with E-state index in [1.54, 1.807) is 0 Å². The van der Waals surface area contributed by atoms with Crippen LogP contribution >= 0.6 is 0 Å². The van der Waals surface area contributed by atoms with Gasteiger partial charge in [-0.25, -0.2) is 13.2 Å². The van der Waals surface area contributed by atoms with Gasteiger partial charge in [-0.3, -0.25) is 4.55 Å². The maximum Gasteiger partial charge on any atom is 0.292 e. The standard InChI is InChI=1S/C3H5F3O3S/c4-1-3(5,6)2-10(7,8)9/h1-2H2,(H,7,8,9). The Morgan fingerprint density at radius 1 is 1.40 bits per heavy atom. The summed E-state index contributed by atoms with van der Waals surface area (Å²) in [4.78, 5) is 0. The molecule has 0 aliphatic rings. The fraction of sp³-hybridized carbons (Fsp3) is 1.00. The monoisotopic (exact) mass is 178 g/mol. The zero-order valence-electron chi connectivity index (χ0n) is 4.72. The third-order valence-electron chi connectivity index (χ3n) is 0.589. The lowest BCUT2D eigenvalue weighted by molar-refractivity contribution is -0.000679. The Bertz CT molecular complexity index is 197. The fourth-order valence-electron chi connectivity index (χ4n) is 0.305. The van der Waals surface area contributed by atoms with Gasteiger partial charge in [0.1, 0.15) is 5.75 Å². The lowest BCUT2D eigenvalue weighted by Gasteiger charge is -2.07. The molecule has 1 N–H and O–H groups in total. The molecular weight excluding hydrogens is 173 g/mol. The van der Waals surface area contributed by atoms with Crippen molar-refractivity contribution in [2.24, 2.45) is 0 Å². The van der Waals surface area contributed by atoms with Gasteiger partial charge in [-0.15, -0.1) is 0 Å². The van der Waals surface area contributed by atoms with Crippen LogP contribution in [0.4, 0.5) is 13.2 Å². The lowest BCUT2D eigenvalue weighted by Crippen LogP contribution is -2.29. The van der Waals surface area contributed by atoms with Crippen molar-refractivity contribution in [1.82, 2.24) is 0 Å². The minimum atomic E-state index is -4.78. The molecule has 3 nitrogen and oxygen atoms in total. The van der Waals surface area contributed by atoms with E-state index in [2.05, 4.69) is 0 Å². The predicted octanol–water partition coefficient (Wildman–Crippen LogP) is 0.479. The Morgan fingerprint density at radius 3 is 1.90 bits per heavy atom. The lowest BCUT2D eigenvalue weighted by atomic mass is 10.4. The molecule has 0 heterocycles. The van der Waals surface area contributed by atoms with Crippen molar-refractivity contribution in [2.45, 2.75) is 5.92 Å². The van der Waals surface area contributed by atoms with Crippen LogP contribution < -0.4 is 0 Å². The summed E-state index contributed by atoms with van der Waals surface area (Å²) in [5, 5.41) is 0. The van der Waals surface area contributed by atoms with E-state index in [0.717, 1.165) is 0 Å². The van der Waals surface area contributed by atoms with Crippen LogP contribution in [0.2, 0.25) is 0 Å². The molecule has 0 fully saturated rings. The highest BCUT2D eigenvalue weighted by Gasteiger charge is 2.34. The zero-order valence-corrected chi connectivity index (χ0v) is 5.54. The van der Waals surface area contributed by atoms with Gasteiger partial charge in [0.15, 0.2) is 6.67 Å². The van der Waals surface area contributed by atoms with E-state index in [4.69, 9.17) is 4.55 Å². The molecule has 0 saturated carbocycles. The van der Waals surface area contributed by atoms with E-state index >= 15 is 0 Å². The van der Waals surface area contributed by atoms with Crippen molar-refractivity contribution in [3.8, 4) is 0 Å². The third kappa shape index (κ3) is 4.57. The number of hydrogen-bond acceptors (Lipinski definition) is 2. The summed E-state index contributed by atoms with van der Waals surface area (Å²) < 4.78 is 61.9. The van der Waals surface area contributed by atoms with Crippen molar-refractivity contribution in [3.05, 3.63) is 0 Å². The highest BCUT2D eigenvalue weighted by Crippen LogP contribution is 2.15. The molecule has 0 aromatic carbocycles. The zero-order chi connectivity index (χ0) is 8.41. The van der Waals surface area contributed by atoms with Crippen molar-refractivity contribution in [2.75, 3.05) is 12.4 Å². The van der Waals surface area contributed by atoms with Gasteiger partial charge in [-0.2, -0.15) is 8.42 Å². The normalized spacial score (nSPS) is 13.6. The number of rotatable bonds is 3. The summed E-state index contributed by atoms with van der Waals surface area (Å²) in [5.74, 6) is -5.84. The Kier molecular flexibility index (Phi) is 2.67. The SMILES string of the molecule is O=S(=O)(O)CC(F)(F)CF. The summed E-state index contributed by atoms with van der Waals surface area (Å²) in [6.45, 7) is -2.09. The highest BCUT2D eigenvalue weighted by molar-refractivity contribution is 7.85. The molecule has 7 heteroatoms. The number of halogens is 3. The molecule has 0 spiro atoms. The van der Waals surface area contributed by atoms with Crippen molar-refractivity contribution < 1.29 is 26.1 Å². The number of hydrogen-bond donors (Lipinski definition) is 1. The van der Waals surface area contributed by atoms with Crippen molar-refractivity contribution >= 4 is 10.1 Å². The predicted molar refractivity (Wildman–Crippen MR) is 27.3 cm³/mol. The van der Waals surface area contributed by atoms with Crippen molar-refractivity contribution in [3.63, 3.8) is 0 Å². The minimum Gasteiger partial charge on any atom is -0.285 e. The summed E-state index contributed by atoms with van der Waals surface area (Å²) in [7, 11) is -4.78. The Labute approximate surface area is 55.6 Å². The second-order valence-electron chi connectivity index (χ2n) is 1.72. The maximum atomic E-state index is 11.7. The molecule has 0 unspecified atom stereocenters. The minimum absolute atomic E-state index is 1.86. The second kappa shape index (κ2) is 2.75. The molecule has 0 aliphatic carbocycles. The van der Waals surface area contributed by atoms with Gasteiger partial charge in [-0.1, -0.05) is 0 Å². The molecule has 0 aromatic rings. The van der Waals surface area contributed by atoms with Crippen LogP contribution in [0.25, 0.3) is 0 Å². The first-order valence-corrected chi connectivity index (χ1v) is 3.77. The number of alkyl halides is 3. The molecule has 0 bridgehead atoms. The molecule has 0 saturated heterocycles. The van der Waals surface area contributed by atoms with E-state index in [9.17, 15) is 21.6 Å². The van der Waals surface area contributed by atoms with Crippen LogP contribution in [0.15, 0.2) is 0 Å². The summed E-state index contributed by atoms with van der Waals surface area (Å²) in [5.41, 5.74) is 0. The third-order valence-corrected chi connectivity index (χ3v) is 1.38. The Balaban J connectivity index is 4.16. The van der Waals surface area contributed by atoms with Gasteiger partial charge in [0.05, 0.1) is 0 Å². The summed E-state index contributed by atoms with van der Waals surface area (Å²) in [6.07, 6.45) is 0. The van der Waals surface area contributed by atoms with Gasteiger partial charge < -0.3 is 0 Å². The molecule has 0 aromatic heterocycles. The van der Waals surface area contributed by atoms with E-state index in [1.165, 1.54) is 0 Å². The first kappa shape index (κ1) is 9.70. The first-order valence-electron chi connectivity index (χ1n) is 2.16. The largest absolute Gasteiger partial charge is 0.292 e. The average Bonchev–Trinajstić information content (AvgIpc) is 1.60. The molecule has 62 valence electrons. The van der Waals surface area contributed by atoms with Gasteiger partial charge in [0.25, 0.3) is 16.0 Å². The van der Waals surface area contributed by atoms with Gasteiger partial charge in [0, 0.05) is 0 Å². The Morgan fingerprint density at radius 2 is 1.80 bits per heavy atom. The van der Waals surface area contributed by atoms with Crippen LogP contribution in [0, 0.1) is 0 Å². The fourth-order valence-corrected chi connectivity index (χ4v) is 0.916.